The van der Waals surface area contributed by atoms with E-state index < -0.39 is 5.97 Å². The summed E-state index contributed by atoms with van der Waals surface area (Å²) < 4.78 is 7.64. The van der Waals surface area contributed by atoms with Crippen LogP contribution in [0.4, 0.5) is 0 Å². The Bertz CT molecular complexity index is 1250. The molecule has 2 heterocycles. The summed E-state index contributed by atoms with van der Waals surface area (Å²) in [6.07, 6.45) is 2.13. The molecule has 4 aromatic rings. The van der Waals surface area contributed by atoms with Gasteiger partial charge in [0.2, 0.25) is 0 Å². The quantitative estimate of drug-likeness (QED) is 0.194. The molecule has 0 bridgehead atoms. The van der Waals surface area contributed by atoms with E-state index in [9.17, 15) is 4.79 Å². The predicted molar refractivity (Wildman–Crippen MR) is 126 cm³/mol. The molecule has 0 atom stereocenters. The van der Waals surface area contributed by atoms with Crippen molar-refractivity contribution in [3.63, 3.8) is 0 Å². The average Bonchev–Trinajstić information content (AvgIpc) is 3.26. The summed E-state index contributed by atoms with van der Waals surface area (Å²) in [5.74, 6) is -0.169. The number of ether oxygens (including phenoxy) is 1. The summed E-state index contributed by atoms with van der Waals surface area (Å²) >= 11 is 6.17. The van der Waals surface area contributed by atoms with Crippen LogP contribution in [0.25, 0.3) is 5.65 Å². The van der Waals surface area contributed by atoms with Crippen LogP contribution >= 0.6 is 11.6 Å². The number of aromatic nitrogens is 2. The SMILES string of the molecule is O=C(O)CC/C(=N\OCc1ccc(OCc2cn3c(Cl)cccc3n2)cc1)c1ccccc1. The van der Waals surface area contributed by atoms with E-state index in [-0.39, 0.29) is 13.0 Å². The molecule has 1 N–H and O–H groups in total. The normalized spacial score (nSPS) is 11.5. The number of halogens is 1. The monoisotopic (exact) mass is 463 g/mol. The molecule has 0 aliphatic rings. The third kappa shape index (κ3) is 6.11. The zero-order valence-corrected chi connectivity index (χ0v) is 18.5. The number of nitrogens with zero attached hydrogens (tertiary/aromatic N) is 3. The lowest BCUT2D eigenvalue weighted by molar-refractivity contribution is -0.136. The smallest absolute Gasteiger partial charge is 0.303 e. The first-order chi connectivity index (χ1) is 16.1. The van der Waals surface area contributed by atoms with E-state index in [0.29, 0.717) is 29.6 Å². The Morgan fingerprint density at radius 3 is 2.48 bits per heavy atom. The van der Waals surface area contributed by atoms with Gasteiger partial charge in [0.05, 0.1) is 17.8 Å². The third-order valence-electron chi connectivity index (χ3n) is 4.89. The van der Waals surface area contributed by atoms with Gasteiger partial charge in [0.15, 0.2) is 0 Å². The molecule has 0 spiro atoms. The van der Waals surface area contributed by atoms with Crippen LogP contribution in [0.15, 0.2) is 84.1 Å². The second kappa shape index (κ2) is 10.7. The largest absolute Gasteiger partial charge is 0.487 e. The minimum absolute atomic E-state index is 0.0123. The van der Waals surface area contributed by atoms with Crippen LogP contribution in [0.3, 0.4) is 0 Å². The van der Waals surface area contributed by atoms with Crippen molar-refractivity contribution in [2.75, 3.05) is 0 Å². The van der Waals surface area contributed by atoms with E-state index in [1.807, 2.05) is 72.9 Å². The highest BCUT2D eigenvalue weighted by Gasteiger charge is 2.08. The lowest BCUT2D eigenvalue weighted by atomic mass is 10.1. The first-order valence-electron chi connectivity index (χ1n) is 10.4. The first kappa shape index (κ1) is 22.4. The van der Waals surface area contributed by atoms with Crippen LogP contribution in [0.5, 0.6) is 5.75 Å². The number of carbonyl (C=O) groups is 1. The Hall–Kier alpha value is -3.84. The topological polar surface area (TPSA) is 85.4 Å². The minimum Gasteiger partial charge on any atom is -0.487 e. The number of hydrogen-bond acceptors (Lipinski definition) is 5. The maximum Gasteiger partial charge on any atom is 0.303 e. The predicted octanol–water partition coefficient (Wildman–Crippen LogP) is 5.35. The van der Waals surface area contributed by atoms with Gasteiger partial charge in [0.1, 0.15) is 29.8 Å². The number of carboxylic acids is 1. The second-order valence-electron chi connectivity index (χ2n) is 7.31. The fourth-order valence-corrected chi connectivity index (χ4v) is 3.43. The van der Waals surface area contributed by atoms with Crippen LogP contribution < -0.4 is 4.74 Å². The Labute approximate surface area is 195 Å². The number of benzene rings is 2. The van der Waals surface area contributed by atoms with E-state index in [1.54, 1.807) is 10.5 Å². The summed E-state index contributed by atoms with van der Waals surface area (Å²) in [6.45, 7) is 0.580. The van der Waals surface area contributed by atoms with Gasteiger partial charge in [0.25, 0.3) is 0 Å². The van der Waals surface area contributed by atoms with Gasteiger partial charge in [0, 0.05) is 12.6 Å². The molecule has 7 nitrogen and oxygen atoms in total. The molecule has 4 rings (SSSR count). The summed E-state index contributed by atoms with van der Waals surface area (Å²) in [5, 5.41) is 13.8. The zero-order valence-electron chi connectivity index (χ0n) is 17.7. The molecule has 0 saturated carbocycles. The molecule has 0 unspecified atom stereocenters. The highest BCUT2D eigenvalue weighted by molar-refractivity contribution is 6.29. The fraction of sp³-hybridized carbons (Fsp3) is 0.160. The van der Waals surface area contributed by atoms with Gasteiger partial charge in [-0.15, -0.1) is 0 Å². The maximum absolute atomic E-state index is 10.9. The fourth-order valence-electron chi connectivity index (χ4n) is 3.22. The molecule has 0 amide bonds. The van der Waals surface area contributed by atoms with Crippen LogP contribution in [0, 0.1) is 0 Å². The maximum atomic E-state index is 10.9. The molecule has 33 heavy (non-hydrogen) atoms. The molecule has 0 fully saturated rings. The molecular formula is C25H22ClN3O4. The second-order valence-corrected chi connectivity index (χ2v) is 7.70. The van der Waals surface area contributed by atoms with Crippen molar-refractivity contribution in [1.82, 2.24) is 9.38 Å². The molecule has 0 aliphatic carbocycles. The highest BCUT2D eigenvalue weighted by Crippen LogP contribution is 2.17. The van der Waals surface area contributed by atoms with Gasteiger partial charge in [-0.05, 0) is 35.4 Å². The van der Waals surface area contributed by atoms with Gasteiger partial charge in [-0.25, -0.2) is 4.98 Å². The van der Waals surface area contributed by atoms with Crippen LogP contribution in [-0.2, 0) is 22.8 Å². The number of imidazole rings is 1. The highest BCUT2D eigenvalue weighted by atomic mass is 35.5. The number of oxime groups is 1. The van der Waals surface area contributed by atoms with E-state index in [2.05, 4.69) is 10.1 Å². The molecule has 2 aromatic heterocycles. The molecule has 0 saturated heterocycles. The molecular weight excluding hydrogens is 442 g/mol. The first-order valence-corrected chi connectivity index (χ1v) is 10.8. The third-order valence-corrected chi connectivity index (χ3v) is 5.20. The lowest BCUT2D eigenvalue weighted by Gasteiger charge is -2.07. The molecule has 0 radical (unpaired) electrons. The van der Waals surface area contributed by atoms with E-state index in [1.165, 1.54) is 0 Å². The van der Waals surface area contributed by atoms with E-state index in [4.69, 9.17) is 26.3 Å². The summed E-state index contributed by atoms with van der Waals surface area (Å²) in [6, 6.07) is 22.5. The molecule has 2 aromatic carbocycles. The van der Waals surface area contributed by atoms with Gasteiger partial charge >= 0.3 is 5.97 Å². The molecule has 168 valence electrons. The van der Waals surface area contributed by atoms with Crippen molar-refractivity contribution in [3.05, 3.63) is 101 Å². The van der Waals surface area contributed by atoms with Crippen molar-refractivity contribution < 1.29 is 19.5 Å². The molecule has 0 aliphatic heterocycles. The number of pyridine rings is 1. The number of carboxylic acid groups (broad SMARTS) is 1. The standard InChI is InChI=1S/C25H22ClN3O4/c26-23-7-4-8-24-27-20(15-29(23)24)17-32-21-11-9-18(10-12-21)16-33-28-22(13-14-25(30)31)19-5-2-1-3-6-19/h1-12,15H,13-14,16-17H2,(H,30,31)/b28-22+. The van der Waals surface area contributed by atoms with Crippen molar-refractivity contribution in [3.8, 4) is 5.75 Å². The van der Waals surface area contributed by atoms with Crippen molar-refractivity contribution in [1.29, 1.82) is 0 Å². The van der Waals surface area contributed by atoms with Gasteiger partial charge < -0.3 is 14.7 Å². The molecule has 8 heteroatoms. The minimum atomic E-state index is -0.874. The average molecular weight is 464 g/mol. The number of hydrogen-bond donors (Lipinski definition) is 1. The van der Waals surface area contributed by atoms with E-state index in [0.717, 1.165) is 22.5 Å². The summed E-state index contributed by atoms with van der Waals surface area (Å²) in [5.41, 5.74) is 3.91. The van der Waals surface area contributed by atoms with Crippen molar-refractivity contribution >= 4 is 28.9 Å². The Morgan fingerprint density at radius 2 is 1.76 bits per heavy atom. The van der Waals surface area contributed by atoms with E-state index >= 15 is 0 Å². The Kier molecular flexibility index (Phi) is 7.22. The van der Waals surface area contributed by atoms with Gasteiger partial charge in [-0.1, -0.05) is 65.3 Å². The van der Waals surface area contributed by atoms with Gasteiger partial charge in [-0.3, -0.25) is 9.20 Å². The zero-order chi connectivity index (χ0) is 23.0. The Morgan fingerprint density at radius 1 is 0.970 bits per heavy atom. The lowest BCUT2D eigenvalue weighted by Crippen LogP contribution is -2.06. The van der Waals surface area contributed by atoms with Crippen molar-refractivity contribution in [2.45, 2.75) is 26.1 Å². The number of rotatable bonds is 10. The van der Waals surface area contributed by atoms with Crippen molar-refractivity contribution in [2.24, 2.45) is 5.16 Å². The Balaban J connectivity index is 1.33. The van der Waals surface area contributed by atoms with Crippen LogP contribution in [0.1, 0.15) is 29.7 Å². The van der Waals surface area contributed by atoms with Gasteiger partial charge in [-0.2, -0.15) is 0 Å². The van der Waals surface area contributed by atoms with Crippen LogP contribution in [0.2, 0.25) is 5.15 Å². The summed E-state index contributed by atoms with van der Waals surface area (Å²) in [4.78, 5) is 21.0. The van der Waals surface area contributed by atoms with Crippen LogP contribution in [-0.4, -0.2) is 26.2 Å². The summed E-state index contributed by atoms with van der Waals surface area (Å²) in [7, 11) is 0. The number of aliphatic carboxylic acids is 1. The number of fused-ring (bicyclic) bond motifs is 1.